The van der Waals surface area contributed by atoms with Crippen LogP contribution in [0.1, 0.15) is 19.0 Å². The largest absolute Gasteiger partial charge is 0.378 e. The van der Waals surface area contributed by atoms with Gasteiger partial charge in [-0.2, -0.15) is 0 Å². The highest BCUT2D eigenvalue weighted by Gasteiger charge is 2.41. The van der Waals surface area contributed by atoms with Crippen LogP contribution in [0.5, 0.6) is 0 Å². The zero-order chi connectivity index (χ0) is 10.0. The number of aromatic nitrogens is 2. The highest BCUT2D eigenvalue weighted by atomic mass is 79.9. The Morgan fingerprint density at radius 1 is 1.79 bits per heavy atom. The van der Waals surface area contributed by atoms with Gasteiger partial charge in [-0.05, 0) is 24.9 Å². The van der Waals surface area contributed by atoms with E-state index in [1.165, 1.54) is 11.5 Å². The SMILES string of the molecule is CC1OCCC1(CBr)Cc1csnn1. The molecule has 14 heavy (non-hydrogen) atoms. The molecular weight excluding hydrogens is 264 g/mol. The van der Waals surface area contributed by atoms with Crippen molar-refractivity contribution >= 4 is 27.5 Å². The molecule has 1 aliphatic heterocycles. The van der Waals surface area contributed by atoms with Gasteiger partial charge in [0.25, 0.3) is 0 Å². The predicted molar refractivity (Wildman–Crippen MR) is 59.9 cm³/mol. The molecule has 0 bridgehead atoms. The second-order valence-corrected chi connectivity index (χ2v) is 5.00. The van der Waals surface area contributed by atoms with Crippen molar-refractivity contribution in [3.8, 4) is 0 Å². The van der Waals surface area contributed by atoms with E-state index in [2.05, 4.69) is 32.4 Å². The number of halogens is 1. The first-order valence-corrected chi connectivity index (χ1v) is 6.66. The summed E-state index contributed by atoms with van der Waals surface area (Å²) in [4.78, 5) is 0. The van der Waals surface area contributed by atoms with E-state index >= 15 is 0 Å². The Kier molecular flexibility index (Phi) is 3.19. The molecule has 0 N–H and O–H groups in total. The number of ether oxygens (including phenoxy) is 1. The first-order chi connectivity index (χ1) is 6.77. The molecule has 2 heterocycles. The van der Waals surface area contributed by atoms with Gasteiger partial charge in [-0.25, -0.2) is 0 Å². The summed E-state index contributed by atoms with van der Waals surface area (Å²) in [5, 5.41) is 7.09. The van der Waals surface area contributed by atoms with Crippen molar-refractivity contribution in [3.63, 3.8) is 0 Å². The Balaban J connectivity index is 2.13. The van der Waals surface area contributed by atoms with Gasteiger partial charge in [0.05, 0.1) is 11.8 Å². The Bertz CT molecular complexity index is 293. The molecule has 5 heteroatoms. The minimum Gasteiger partial charge on any atom is -0.378 e. The summed E-state index contributed by atoms with van der Waals surface area (Å²) in [6, 6.07) is 0. The molecular formula is C9H13BrN2OS. The van der Waals surface area contributed by atoms with Gasteiger partial charge in [-0.1, -0.05) is 20.4 Å². The molecule has 2 rings (SSSR count). The number of rotatable bonds is 3. The molecule has 0 aliphatic carbocycles. The van der Waals surface area contributed by atoms with Gasteiger partial charge in [0.2, 0.25) is 0 Å². The lowest BCUT2D eigenvalue weighted by molar-refractivity contribution is 0.0742. The zero-order valence-corrected chi connectivity index (χ0v) is 10.5. The van der Waals surface area contributed by atoms with Crippen LogP contribution < -0.4 is 0 Å². The fourth-order valence-corrected chi connectivity index (χ4v) is 3.28. The molecule has 2 atom stereocenters. The molecule has 1 aromatic rings. The zero-order valence-electron chi connectivity index (χ0n) is 8.07. The lowest BCUT2D eigenvalue weighted by Crippen LogP contribution is -2.33. The summed E-state index contributed by atoms with van der Waals surface area (Å²) < 4.78 is 9.52. The van der Waals surface area contributed by atoms with Gasteiger partial charge in [0.15, 0.2) is 0 Å². The molecule has 0 spiro atoms. The molecule has 0 radical (unpaired) electrons. The highest BCUT2D eigenvalue weighted by molar-refractivity contribution is 9.09. The van der Waals surface area contributed by atoms with Gasteiger partial charge < -0.3 is 4.74 Å². The van der Waals surface area contributed by atoms with Crippen LogP contribution in [0.4, 0.5) is 0 Å². The monoisotopic (exact) mass is 276 g/mol. The number of hydrogen-bond donors (Lipinski definition) is 0. The Hall–Kier alpha value is 0. The third-order valence-electron chi connectivity index (χ3n) is 3.03. The van der Waals surface area contributed by atoms with E-state index in [4.69, 9.17) is 4.74 Å². The first-order valence-electron chi connectivity index (χ1n) is 4.70. The molecule has 0 amide bonds. The van der Waals surface area contributed by atoms with Crippen molar-refractivity contribution in [1.29, 1.82) is 0 Å². The van der Waals surface area contributed by atoms with Crippen molar-refractivity contribution in [2.75, 3.05) is 11.9 Å². The van der Waals surface area contributed by atoms with Crippen molar-refractivity contribution in [2.45, 2.75) is 25.9 Å². The normalized spacial score (nSPS) is 32.3. The summed E-state index contributed by atoms with van der Waals surface area (Å²) in [5.74, 6) is 0. The lowest BCUT2D eigenvalue weighted by Gasteiger charge is -2.29. The van der Waals surface area contributed by atoms with Gasteiger partial charge >= 0.3 is 0 Å². The van der Waals surface area contributed by atoms with Crippen LogP contribution >= 0.6 is 27.5 Å². The Labute approximate surface area is 96.2 Å². The molecule has 78 valence electrons. The van der Waals surface area contributed by atoms with E-state index in [-0.39, 0.29) is 5.41 Å². The van der Waals surface area contributed by atoms with Crippen molar-refractivity contribution < 1.29 is 4.74 Å². The van der Waals surface area contributed by atoms with E-state index in [1.807, 2.05) is 5.38 Å². The molecule has 1 aliphatic rings. The van der Waals surface area contributed by atoms with Crippen molar-refractivity contribution in [3.05, 3.63) is 11.1 Å². The third kappa shape index (κ3) is 1.85. The van der Waals surface area contributed by atoms with Crippen LogP contribution in [-0.2, 0) is 11.2 Å². The second-order valence-electron chi connectivity index (χ2n) is 3.83. The summed E-state index contributed by atoms with van der Waals surface area (Å²) in [7, 11) is 0. The maximum absolute atomic E-state index is 5.63. The van der Waals surface area contributed by atoms with Crippen LogP contribution in [0.2, 0.25) is 0 Å². The van der Waals surface area contributed by atoms with E-state index < -0.39 is 0 Å². The molecule has 3 nitrogen and oxygen atoms in total. The second kappa shape index (κ2) is 4.24. The Morgan fingerprint density at radius 3 is 3.14 bits per heavy atom. The molecule has 0 saturated carbocycles. The van der Waals surface area contributed by atoms with Crippen LogP contribution in [0, 0.1) is 5.41 Å². The molecule has 2 unspecified atom stereocenters. The van der Waals surface area contributed by atoms with Crippen molar-refractivity contribution in [1.82, 2.24) is 9.59 Å². The van der Waals surface area contributed by atoms with Crippen LogP contribution in [0.25, 0.3) is 0 Å². The highest BCUT2D eigenvalue weighted by Crippen LogP contribution is 2.39. The molecule has 0 aromatic carbocycles. The number of alkyl halides is 1. The summed E-state index contributed by atoms with van der Waals surface area (Å²) in [6.45, 7) is 3.01. The third-order valence-corrected chi connectivity index (χ3v) is 4.70. The summed E-state index contributed by atoms with van der Waals surface area (Å²) >= 11 is 5.01. The van der Waals surface area contributed by atoms with Crippen LogP contribution in [-0.4, -0.2) is 27.6 Å². The van der Waals surface area contributed by atoms with E-state index in [0.29, 0.717) is 6.10 Å². The Morgan fingerprint density at radius 2 is 2.64 bits per heavy atom. The van der Waals surface area contributed by atoms with Gasteiger partial charge in [-0.15, -0.1) is 5.10 Å². The van der Waals surface area contributed by atoms with Crippen LogP contribution in [0.3, 0.4) is 0 Å². The summed E-state index contributed by atoms with van der Waals surface area (Å²) in [5.41, 5.74) is 1.31. The lowest BCUT2D eigenvalue weighted by atomic mass is 9.80. The topological polar surface area (TPSA) is 35.0 Å². The average molecular weight is 277 g/mol. The molecule has 1 saturated heterocycles. The van der Waals surface area contributed by atoms with Gasteiger partial charge in [0, 0.05) is 29.2 Å². The predicted octanol–water partition coefficient (Wildman–Crippen LogP) is 2.27. The fourth-order valence-electron chi connectivity index (χ4n) is 1.90. The number of nitrogens with zero attached hydrogens (tertiary/aromatic N) is 2. The quantitative estimate of drug-likeness (QED) is 0.795. The van der Waals surface area contributed by atoms with Gasteiger partial charge in [0.1, 0.15) is 0 Å². The minimum atomic E-state index is 0.218. The standard InChI is InChI=1S/C9H13BrN2OS/c1-7-9(6-10,2-3-13-7)4-8-5-14-12-11-8/h5,7H,2-4,6H2,1H3. The minimum absolute atomic E-state index is 0.218. The molecule has 1 aromatic heterocycles. The van der Waals surface area contributed by atoms with E-state index in [9.17, 15) is 0 Å². The average Bonchev–Trinajstić information content (AvgIpc) is 2.79. The maximum atomic E-state index is 5.63. The van der Waals surface area contributed by atoms with Crippen LogP contribution in [0.15, 0.2) is 5.38 Å². The van der Waals surface area contributed by atoms with Gasteiger partial charge in [-0.3, -0.25) is 0 Å². The fraction of sp³-hybridized carbons (Fsp3) is 0.778. The van der Waals surface area contributed by atoms with E-state index in [1.54, 1.807) is 0 Å². The summed E-state index contributed by atoms with van der Waals surface area (Å²) in [6.07, 6.45) is 2.39. The van der Waals surface area contributed by atoms with E-state index in [0.717, 1.165) is 30.5 Å². The molecule has 1 fully saturated rings. The first kappa shape index (κ1) is 10.5. The smallest absolute Gasteiger partial charge is 0.0762 e. The number of hydrogen-bond acceptors (Lipinski definition) is 4. The van der Waals surface area contributed by atoms with Crippen molar-refractivity contribution in [2.24, 2.45) is 5.41 Å². The maximum Gasteiger partial charge on any atom is 0.0762 e.